The van der Waals surface area contributed by atoms with E-state index in [1.165, 1.54) is 6.92 Å². The van der Waals surface area contributed by atoms with E-state index in [0.717, 1.165) is 16.9 Å². The van der Waals surface area contributed by atoms with Crippen LogP contribution in [-0.2, 0) is 22.7 Å². The minimum Gasteiger partial charge on any atom is -0.489 e. The molecule has 3 aromatic rings. The SMILES string of the molecule is CC(=O)OCc1cc(-c2ccc(OCc3ccccc3)cc2)no1. The highest BCUT2D eigenvalue weighted by Gasteiger charge is 2.08. The smallest absolute Gasteiger partial charge is 0.303 e. The molecule has 0 aliphatic carbocycles. The summed E-state index contributed by atoms with van der Waals surface area (Å²) in [6.07, 6.45) is 0. The van der Waals surface area contributed by atoms with Crippen molar-refractivity contribution in [3.8, 4) is 17.0 Å². The second-order valence-corrected chi connectivity index (χ2v) is 5.26. The van der Waals surface area contributed by atoms with Gasteiger partial charge in [0.1, 0.15) is 18.1 Å². The fourth-order valence-corrected chi connectivity index (χ4v) is 2.15. The highest BCUT2D eigenvalue weighted by molar-refractivity contribution is 5.66. The average Bonchev–Trinajstić information content (AvgIpc) is 3.08. The maximum absolute atomic E-state index is 10.8. The van der Waals surface area contributed by atoms with Gasteiger partial charge in [-0.1, -0.05) is 35.5 Å². The lowest BCUT2D eigenvalue weighted by molar-refractivity contribution is -0.142. The molecule has 0 spiro atoms. The molecule has 3 rings (SSSR count). The van der Waals surface area contributed by atoms with Crippen LogP contribution in [0.15, 0.2) is 65.2 Å². The fraction of sp³-hybridized carbons (Fsp3) is 0.158. The molecule has 2 aromatic carbocycles. The van der Waals surface area contributed by atoms with Crippen LogP contribution in [0.25, 0.3) is 11.3 Å². The summed E-state index contributed by atoms with van der Waals surface area (Å²) in [6, 6.07) is 19.3. The normalized spacial score (nSPS) is 10.4. The van der Waals surface area contributed by atoms with Gasteiger partial charge in [0.25, 0.3) is 0 Å². The van der Waals surface area contributed by atoms with Gasteiger partial charge < -0.3 is 14.0 Å². The van der Waals surface area contributed by atoms with Crippen LogP contribution in [0.4, 0.5) is 0 Å². The van der Waals surface area contributed by atoms with Crippen molar-refractivity contribution in [2.24, 2.45) is 0 Å². The Bertz CT molecular complexity index is 794. The van der Waals surface area contributed by atoms with Crippen molar-refractivity contribution >= 4 is 5.97 Å². The molecule has 0 aliphatic heterocycles. The minimum absolute atomic E-state index is 0.0839. The lowest BCUT2D eigenvalue weighted by Gasteiger charge is -2.06. The first-order valence-electron chi connectivity index (χ1n) is 7.57. The Morgan fingerprint density at radius 2 is 1.79 bits per heavy atom. The van der Waals surface area contributed by atoms with Gasteiger partial charge in [-0.3, -0.25) is 4.79 Å². The molecule has 0 atom stereocenters. The summed E-state index contributed by atoms with van der Waals surface area (Å²) in [7, 11) is 0. The zero-order valence-electron chi connectivity index (χ0n) is 13.3. The van der Waals surface area contributed by atoms with Crippen molar-refractivity contribution < 1.29 is 18.8 Å². The predicted molar refractivity (Wildman–Crippen MR) is 88.2 cm³/mol. The predicted octanol–water partition coefficient (Wildman–Crippen LogP) is 3.98. The molecule has 5 nitrogen and oxygen atoms in total. The van der Waals surface area contributed by atoms with Crippen LogP contribution in [0.1, 0.15) is 18.2 Å². The van der Waals surface area contributed by atoms with Gasteiger partial charge in [0, 0.05) is 18.6 Å². The molecule has 5 heteroatoms. The molecule has 0 fully saturated rings. The number of carbonyl (C=O) groups excluding carboxylic acids is 1. The van der Waals surface area contributed by atoms with Gasteiger partial charge >= 0.3 is 5.97 Å². The molecule has 0 aliphatic rings. The zero-order chi connectivity index (χ0) is 16.8. The number of carbonyl (C=O) groups is 1. The standard InChI is InChI=1S/C19H17NO4/c1-14(21)22-13-18-11-19(20-24-18)16-7-9-17(10-8-16)23-12-15-5-3-2-4-6-15/h2-11H,12-13H2,1H3. The zero-order valence-corrected chi connectivity index (χ0v) is 13.3. The minimum atomic E-state index is -0.354. The number of ether oxygens (including phenoxy) is 2. The van der Waals surface area contributed by atoms with Crippen LogP contribution in [-0.4, -0.2) is 11.1 Å². The van der Waals surface area contributed by atoms with E-state index in [9.17, 15) is 4.79 Å². The third kappa shape index (κ3) is 4.23. The number of hydrogen-bond acceptors (Lipinski definition) is 5. The van der Waals surface area contributed by atoms with E-state index in [1.807, 2.05) is 54.6 Å². The van der Waals surface area contributed by atoms with E-state index < -0.39 is 0 Å². The van der Waals surface area contributed by atoms with Gasteiger partial charge in [0.2, 0.25) is 0 Å². The van der Waals surface area contributed by atoms with Crippen LogP contribution in [0.5, 0.6) is 5.75 Å². The molecule has 1 aromatic heterocycles. The number of rotatable bonds is 6. The molecular weight excluding hydrogens is 306 g/mol. The number of aromatic nitrogens is 1. The maximum Gasteiger partial charge on any atom is 0.303 e. The highest BCUT2D eigenvalue weighted by atomic mass is 16.5. The van der Waals surface area contributed by atoms with Gasteiger partial charge in [0.15, 0.2) is 12.4 Å². The monoisotopic (exact) mass is 323 g/mol. The van der Waals surface area contributed by atoms with Crippen molar-refractivity contribution in [3.05, 3.63) is 72.0 Å². The highest BCUT2D eigenvalue weighted by Crippen LogP contribution is 2.23. The van der Waals surface area contributed by atoms with E-state index in [4.69, 9.17) is 14.0 Å². The van der Waals surface area contributed by atoms with Crippen LogP contribution in [0, 0.1) is 0 Å². The third-order valence-electron chi connectivity index (χ3n) is 3.38. The molecular formula is C19H17NO4. The summed E-state index contributed by atoms with van der Waals surface area (Å²) in [6.45, 7) is 1.96. The number of nitrogens with zero attached hydrogens (tertiary/aromatic N) is 1. The van der Waals surface area contributed by atoms with Crippen LogP contribution < -0.4 is 4.74 Å². The number of hydrogen-bond donors (Lipinski definition) is 0. The Morgan fingerprint density at radius 1 is 1.04 bits per heavy atom. The van der Waals surface area contributed by atoms with Crippen LogP contribution >= 0.6 is 0 Å². The molecule has 0 bridgehead atoms. The third-order valence-corrected chi connectivity index (χ3v) is 3.38. The van der Waals surface area contributed by atoms with E-state index in [0.29, 0.717) is 18.1 Å². The number of benzene rings is 2. The molecule has 0 unspecified atom stereocenters. The summed E-state index contributed by atoms with van der Waals surface area (Å²) in [5, 5.41) is 3.98. The Kier molecular flexibility index (Phi) is 4.91. The fourth-order valence-electron chi connectivity index (χ4n) is 2.15. The topological polar surface area (TPSA) is 61.6 Å². The molecule has 0 saturated carbocycles. The summed E-state index contributed by atoms with van der Waals surface area (Å²) < 4.78 is 15.8. The molecule has 24 heavy (non-hydrogen) atoms. The second-order valence-electron chi connectivity index (χ2n) is 5.26. The molecule has 1 heterocycles. The average molecular weight is 323 g/mol. The first-order chi connectivity index (χ1) is 11.7. The lowest BCUT2D eigenvalue weighted by atomic mass is 10.1. The summed E-state index contributed by atoms with van der Waals surface area (Å²) in [4.78, 5) is 10.8. The second kappa shape index (κ2) is 7.46. The molecule has 0 amide bonds. The Labute approximate surface area is 139 Å². The van der Waals surface area contributed by atoms with Crippen molar-refractivity contribution in [3.63, 3.8) is 0 Å². The summed E-state index contributed by atoms with van der Waals surface area (Å²) in [5.41, 5.74) is 2.71. The van der Waals surface area contributed by atoms with Gasteiger partial charge in [-0.15, -0.1) is 0 Å². The Morgan fingerprint density at radius 3 is 2.50 bits per heavy atom. The largest absolute Gasteiger partial charge is 0.489 e. The van der Waals surface area contributed by atoms with Gasteiger partial charge in [-0.2, -0.15) is 0 Å². The Hall–Kier alpha value is -3.08. The number of esters is 1. The van der Waals surface area contributed by atoms with E-state index in [1.54, 1.807) is 6.07 Å². The van der Waals surface area contributed by atoms with Crippen molar-refractivity contribution in [2.45, 2.75) is 20.1 Å². The van der Waals surface area contributed by atoms with E-state index in [-0.39, 0.29) is 12.6 Å². The van der Waals surface area contributed by atoms with Crippen molar-refractivity contribution in [1.29, 1.82) is 0 Å². The first kappa shape index (κ1) is 15.8. The van der Waals surface area contributed by atoms with Crippen molar-refractivity contribution in [2.75, 3.05) is 0 Å². The van der Waals surface area contributed by atoms with Crippen LogP contribution in [0.2, 0.25) is 0 Å². The lowest BCUT2D eigenvalue weighted by Crippen LogP contribution is -1.97. The summed E-state index contributed by atoms with van der Waals surface area (Å²) in [5.74, 6) is 0.934. The molecule has 122 valence electrons. The molecule has 0 saturated heterocycles. The van der Waals surface area contributed by atoms with E-state index in [2.05, 4.69) is 5.16 Å². The molecule has 0 radical (unpaired) electrons. The quantitative estimate of drug-likeness (QED) is 0.642. The maximum atomic E-state index is 10.8. The molecule has 0 N–H and O–H groups in total. The van der Waals surface area contributed by atoms with E-state index >= 15 is 0 Å². The van der Waals surface area contributed by atoms with Gasteiger partial charge in [0.05, 0.1) is 0 Å². The van der Waals surface area contributed by atoms with Crippen LogP contribution in [0.3, 0.4) is 0 Å². The van der Waals surface area contributed by atoms with Gasteiger partial charge in [-0.05, 0) is 29.8 Å². The summed E-state index contributed by atoms with van der Waals surface area (Å²) >= 11 is 0. The van der Waals surface area contributed by atoms with Gasteiger partial charge in [-0.25, -0.2) is 0 Å². The first-order valence-corrected chi connectivity index (χ1v) is 7.57. The Balaban J connectivity index is 1.61. The van der Waals surface area contributed by atoms with Crippen molar-refractivity contribution in [1.82, 2.24) is 5.16 Å².